The molecule has 5 rings (SSSR count). The van der Waals surface area contributed by atoms with Crippen LogP contribution in [0.25, 0.3) is 0 Å². The maximum absolute atomic E-state index is 14.5. The molecule has 2 aliphatic rings. The quantitative estimate of drug-likeness (QED) is 0.579. The molecular formula is C23H24FN7O2S. The first-order valence-corrected chi connectivity index (χ1v) is 11.9. The van der Waals surface area contributed by atoms with Crippen LogP contribution in [0.1, 0.15) is 57.5 Å². The summed E-state index contributed by atoms with van der Waals surface area (Å²) in [6.07, 6.45) is 5.49. The maximum atomic E-state index is 14.5. The summed E-state index contributed by atoms with van der Waals surface area (Å²) in [7, 11) is 1.51. The van der Waals surface area contributed by atoms with E-state index in [-0.39, 0.29) is 35.1 Å². The van der Waals surface area contributed by atoms with Gasteiger partial charge in [0.2, 0.25) is 0 Å². The van der Waals surface area contributed by atoms with E-state index < -0.39 is 5.41 Å². The molecule has 0 unspecified atom stereocenters. The van der Waals surface area contributed by atoms with Crippen LogP contribution in [0.5, 0.6) is 0 Å². The van der Waals surface area contributed by atoms with Gasteiger partial charge in [-0.2, -0.15) is 4.37 Å². The zero-order valence-corrected chi connectivity index (χ0v) is 19.7. The van der Waals surface area contributed by atoms with Gasteiger partial charge >= 0.3 is 6.03 Å². The molecule has 3 heterocycles. The molecule has 1 saturated carbocycles. The van der Waals surface area contributed by atoms with Crippen LogP contribution in [0.15, 0.2) is 30.7 Å². The summed E-state index contributed by atoms with van der Waals surface area (Å²) in [4.78, 5) is 40.5. The monoisotopic (exact) mass is 481 g/mol. The maximum Gasteiger partial charge on any atom is 0.323 e. The predicted octanol–water partition coefficient (Wildman–Crippen LogP) is 3.24. The van der Waals surface area contributed by atoms with E-state index in [9.17, 15) is 14.0 Å². The van der Waals surface area contributed by atoms with Crippen molar-refractivity contribution in [3.63, 3.8) is 0 Å². The highest BCUT2D eigenvalue weighted by Crippen LogP contribution is 2.42. The molecule has 3 aromatic rings. The number of likely N-dealkylation sites (tertiary alicyclic amines) is 1. The fraction of sp³-hybridized carbons (Fsp3) is 0.391. The number of benzene rings is 1. The standard InChI is InChI=1S/C23H24FN7O2S/c1-13-3-6-15(9-17(13)24)23(21-27-12-28-34-21)7-8-31(11-23)22(33)30-19-16(20(32)25-2)10-26-18(29-19)14-4-5-14/h3,6,9-10,12,14H,4-5,7-8,11H2,1-2H3,(H,25,32)(H,26,29,30,33)/t23-/m0/s1. The first-order chi connectivity index (χ1) is 16.4. The molecule has 2 aromatic heterocycles. The minimum atomic E-state index is -0.665. The number of nitrogens with zero attached hydrogens (tertiary/aromatic N) is 5. The minimum absolute atomic E-state index is 0.191. The van der Waals surface area contributed by atoms with Gasteiger partial charge in [0.25, 0.3) is 5.91 Å². The van der Waals surface area contributed by atoms with Crippen LogP contribution >= 0.6 is 11.5 Å². The third kappa shape index (κ3) is 4.00. The number of urea groups is 1. The number of carbonyl (C=O) groups is 2. The fourth-order valence-corrected chi connectivity index (χ4v) is 5.05. The Kier molecular flexibility index (Phi) is 5.72. The van der Waals surface area contributed by atoms with Crippen molar-refractivity contribution in [3.05, 3.63) is 64.1 Å². The van der Waals surface area contributed by atoms with E-state index in [0.29, 0.717) is 30.9 Å². The molecule has 176 valence electrons. The summed E-state index contributed by atoms with van der Waals surface area (Å²) in [6, 6.07) is 4.77. The molecule has 11 heteroatoms. The van der Waals surface area contributed by atoms with Crippen molar-refractivity contribution < 1.29 is 14.0 Å². The second kappa shape index (κ2) is 8.71. The van der Waals surface area contributed by atoms with Crippen LogP contribution in [0.2, 0.25) is 0 Å². The van der Waals surface area contributed by atoms with Crippen molar-refractivity contribution in [1.82, 2.24) is 29.5 Å². The lowest BCUT2D eigenvalue weighted by atomic mass is 9.80. The average Bonchev–Trinajstić information content (AvgIpc) is 3.34. The zero-order valence-electron chi connectivity index (χ0n) is 18.8. The summed E-state index contributed by atoms with van der Waals surface area (Å²) in [5.41, 5.74) is 0.851. The number of anilines is 1. The van der Waals surface area contributed by atoms with E-state index in [1.54, 1.807) is 17.9 Å². The Labute approximate surface area is 200 Å². The molecule has 0 bridgehead atoms. The fourth-order valence-electron chi connectivity index (χ4n) is 4.30. The zero-order chi connectivity index (χ0) is 23.9. The van der Waals surface area contributed by atoms with Crippen molar-refractivity contribution in [2.45, 2.75) is 37.5 Å². The molecule has 1 atom stereocenters. The summed E-state index contributed by atoms with van der Waals surface area (Å²) in [5.74, 6) is 0.409. The third-order valence-electron chi connectivity index (χ3n) is 6.50. The summed E-state index contributed by atoms with van der Waals surface area (Å²) in [5, 5.41) is 6.10. The second-order valence-electron chi connectivity index (χ2n) is 8.74. The SMILES string of the molecule is CNC(=O)c1cnc(C2CC2)nc1NC(=O)N1CC[C@](c2ccc(C)c(F)c2)(c2ncns2)C1. The highest BCUT2D eigenvalue weighted by Gasteiger charge is 2.45. The van der Waals surface area contributed by atoms with Gasteiger partial charge in [0, 0.05) is 32.3 Å². The largest absolute Gasteiger partial charge is 0.355 e. The van der Waals surface area contributed by atoms with Gasteiger partial charge in [0.15, 0.2) is 5.82 Å². The summed E-state index contributed by atoms with van der Waals surface area (Å²) >= 11 is 1.25. The molecule has 2 fully saturated rings. The number of aromatic nitrogens is 4. The van der Waals surface area contributed by atoms with Crippen LogP contribution in [0.4, 0.5) is 15.0 Å². The van der Waals surface area contributed by atoms with Crippen molar-refractivity contribution in [1.29, 1.82) is 0 Å². The van der Waals surface area contributed by atoms with Crippen molar-refractivity contribution in [2.75, 3.05) is 25.5 Å². The van der Waals surface area contributed by atoms with Gasteiger partial charge < -0.3 is 10.2 Å². The Morgan fingerprint density at radius 1 is 1.26 bits per heavy atom. The van der Waals surface area contributed by atoms with E-state index in [4.69, 9.17) is 0 Å². The highest BCUT2D eigenvalue weighted by molar-refractivity contribution is 7.05. The molecular weight excluding hydrogens is 457 g/mol. The van der Waals surface area contributed by atoms with Crippen LogP contribution in [-0.4, -0.2) is 56.3 Å². The molecule has 0 spiro atoms. The third-order valence-corrected chi connectivity index (χ3v) is 7.37. The number of hydrogen-bond donors (Lipinski definition) is 2. The number of aryl methyl sites for hydroxylation is 1. The number of hydrogen-bond acceptors (Lipinski definition) is 7. The molecule has 1 aliphatic carbocycles. The van der Waals surface area contributed by atoms with Gasteiger partial charge in [-0.3, -0.25) is 10.1 Å². The van der Waals surface area contributed by atoms with Gasteiger partial charge in [0.1, 0.15) is 28.5 Å². The first-order valence-electron chi connectivity index (χ1n) is 11.1. The Morgan fingerprint density at radius 3 is 2.76 bits per heavy atom. The topological polar surface area (TPSA) is 113 Å². The van der Waals surface area contributed by atoms with E-state index in [2.05, 4.69) is 30.0 Å². The van der Waals surface area contributed by atoms with Gasteiger partial charge in [-0.15, -0.1) is 0 Å². The predicted molar refractivity (Wildman–Crippen MR) is 124 cm³/mol. The number of halogens is 1. The summed E-state index contributed by atoms with van der Waals surface area (Å²) in [6.45, 7) is 2.44. The Balaban J connectivity index is 1.43. The van der Waals surface area contributed by atoms with Crippen molar-refractivity contribution >= 4 is 29.3 Å². The normalized spacial score (nSPS) is 19.8. The summed E-state index contributed by atoms with van der Waals surface area (Å²) < 4.78 is 18.6. The molecule has 1 saturated heterocycles. The van der Waals surface area contributed by atoms with Crippen molar-refractivity contribution in [2.24, 2.45) is 0 Å². The minimum Gasteiger partial charge on any atom is -0.355 e. The Morgan fingerprint density at radius 2 is 2.09 bits per heavy atom. The molecule has 0 radical (unpaired) electrons. The van der Waals surface area contributed by atoms with E-state index in [1.165, 1.54) is 37.2 Å². The van der Waals surface area contributed by atoms with Gasteiger partial charge in [0.05, 0.1) is 5.41 Å². The van der Waals surface area contributed by atoms with Crippen molar-refractivity contribution in [3.8, 4) is 0 Å². The number of amides is 3. The Bertz CT molecular complexity index is 1250. The lowest BCUT2D eigenvalue weighted by Crippen LogP contribution is -2.38. The van der Waals surface area contributed by atoms with Gasteiger partial charge in [-0.05, 0) is 54.9 Å². The van der Waals surface area contributed by atoms with Gasteiger partial charge in [-0.25, -0.2) is 24.1 Å². The second-order valence-corrected chi connectivity index (χ2v) is 9.52. The smallest absolute Gasteiger partial charge is 0.323 e. The number of nitrogens with one attached hydrogen (secondary N) is 2. The van der Waals surface area contributed by atoms with E-state index >= 15 is 0 Å². The average molecular weight is 482 g/mol. The number of carbonyl (C=O) groups excluding carboxylic acids is 2. The molecule has 9 nitrogen and oxygen atoms in total. The molecule has 3 amide bonds. The molecule has 1 aliphatic heterocycles. The molecule has 2 N–H and O–H groups in total. The lowest BCUT2D eigenvalue weighted by molar-refractivity contribution is 0.0963. The van der Waals surface area contributed by atoms with Crippen LogP contribution < -0.4 is 10.6 Å². The molecule has 1 aromatic carbocycles. The highest BCUT2D eigenvalue weighted by atomic mass is 32.1. The molecule has 34 heavy (non-hydrogen) atoms. The van der Waals surface area contributed by atoms with E-state index in [0.717, 1.165) is 23.4 Å². The van der Waals surface area contributed by atoms with Crippen LogP contribution in [0, 0.1) is 12.7 Å². The van der Waals surface area contributed by atoms with Crippen LogP contribution in [0.3, 0.4) is 0 Å². The van der Waals surface area contributed by atoms with E-state index in [1.807, 2.05) is 6.07 Å². The Hall–Kier alpha value is -3.47. The lowest BCUT2D eigenvalue weighted by Gasteiger charge is -2.28. The van der Waals surface area contributed by atoms with Gasteiger partial charge in [-0.1, -0.05) is 12.1 Å². The number of rotatable bonds is 5. The first kappa shape index (κ1) is 22.3. The van der Waals surface area contributed by atoms with Crippen LogP contribution in [-0.2, 0) is 5.41 Å².